The van der Waals surface area contributed by atoms with E-state index in [4.69, 9.17) is 9.84 Å². The second-order valence-electron chi connectivity index (χ2n) is 4.01. The van der Waals surface area contributed by atoms with Gasteiger partial charge in [-0.2, -0.15) is 0 Å². The SMILES string of the molecule is COc1ccc(NC(=O)Cn2cnc(C(=O)O)c2)cc1. The maximum atomic E-state index is 11.8. The predicted octanol–water partition coefficient (Wildman–Crippen LogP) is 1.23. The van der Waals surface area contributed by atoms with Crippen LogP contribution in [0.15, 0.2) is 36.8 Å². The van der Waals surface area contributed by atoms with Gasteiger partial charge in [0, 0.05) is 11.9 Å². The first-order chi connectivity index (χ1) is 9.58. The van der Waals surface area contributed by atoms with E-state index >= 15 is 0 Å². The van der Waals surface area contributed by atoms with Crippen molar-refractivity contribution in [3.63, 3.8) is 0 Å². The van der Waals surface area contributed by atoms with Crippen LogP contribution in [0.1, 0.15) is 10.5 Å². The summed E-state index contributed by atoms with van der Waals surface area (Å²) in [6.45, 7) is -0.00763. The van der Waals surface area contributed by atoms with E-state index in [1.165, 1.54) is 17.1 Å². The van der Waals surface area contributed by atoms with E-state index in [1.807, 2.05) is 0 Å². The Morgan fingerprint density at radius 3 is 2.60 bits per heavy atom. The standard InChI is InChI=1S/C13H13N3O4/c1-20-10-4-2-9(3-5-10)15-12(17)7-16-6-11(13(18)19)14-8-16/h2-6,8H,7H2,1H3,(H,15,17)(H,18,19). The Bertz CT molecular complexity index is 619. The van der Waals surface area contributed by atoms with E-state index in [0.717, 1.165) is 0 Å². The van der Waals surface area contributed by atoms with Crippen LogP contribution >= 0.6 is 0 Å². The fourth-order valence-corrected chi connectivity index (χ4v) is 1.60. The third-order valence-corrected chi connectivity index (χ3v) is 2.55. The molecule has 0 aliphatic heterocycles. The number of carboxylic acids is 1. The van der Waals surface area contributed by atoms with E-state index in [2.05, 4.69) is 10.3 Å². The van der Waals surface area contributed by atoms with Crippen LogP contribution in [0.5, 0.6) is 5.75 Å². The molecule has 7 heteroatoms. The molecule has 0 unspecified atom stereocenters. The van der Waals surface area contributed by atoms with Crippen LogP contribution in [0, 0.1) is 0 Å². The first-order valence-electron chi connectivity index (χ1n) is 5.77. The summed E-state index contributed by atoms with van der Waals surface area (Å²) in [5.41, 5.74) is 0.539. The lowest BCUT2D eigenvalue weighted by Gasteiger charge is -2.06. The molecular formula is C13H13N3O4. The first kappa shape index (κ1) is 13.6. The number of hydrogen-bond donors (Lipinski definition) is 2. The topological polar surface area (TPSA) is 93.5 Å². The van der Waals surface area contributed by atoms with Crippen molar-refractivity contribution in [2.75, 3.05) is 12.4 Å². The van der Waals surface area contributed by atoms with Gasteiger partial charge in [0.15, 0.2) is 5.69 Å². The smallest absolute Gasteiger partial charge is 0.356 e. The summed E-state index contributed by atoms with van der Waals surface area (Å²) in [5.74, 6) is -0.701. The Hall–Kier alpha value is -2.83. The van der Waals surface area contributed by atoms with Crippen molar-refractivity contribution in [3.8, 4) is 5.75 Å². The van der Waals surface area contributed by atoms with E-state index in [9.17, 15) is 9.59 Å². The predicted molar refractivity (Wildman–Crippen MR) is 70.8 cm³/mol. The van der Waals surface area contributed by atoms with Gasteiger partial charge in [0.1, 0.15) is 12.3 Å². The lowest BCUT2D eigenvalue weighted by atomic mass is 10.3. The molecule has 0 saturated carbocycles. The van der Waals surface area contributed by atoms with Crippen LogP contribution in [0.3, 0.4) is 0 Å². The summed E-state index contributed by atoms with van der Waals surface area (Å²) in [6.07, 6.45) is 2.60. The highest BCUT2D eigenvalue weighted by molar-refractivity contribution is 5.90. The highest BCUT2D eigenvalue weighted by atomic mass is 16.5. The second kappa shape index (κ2) is 5.87. The van der Waals surface area contributed by atoms with Gasteiger partial charge in [0.2, 0.25) is 5.91 Å². The number of carboxylic acid groups (broad SMARTS) is 1. The Kier molecular flexibility index (Phi) is 3.99. The molecule has 0 spiro atoms. The Labute approximate surface area is 114 Å². The fourth-order valence-electron chi connectivity index (χ4n) is 1.60. The molecule has 1 amide bonds. The Morgan fingerprint density at radius 1 is 1.35 bits per heavy atom. The molecule has 2 N–H and O–H groups in total. The van der Waals surface area contributed by atoms with Crippen molar-refractivity contribution in [3.05, 3.63) is 42.5 Å². The molecule has 104 valence electrons. The van der Waals surface area contributed by atoms with Gasteiger partial charge in [-0.25, -0.2) is 9.78 Å². The molecule has 0 aliphatic rings. The van der Waals surface area contributed by atoms with Crippen LogP contribution in [0.2, 0.25) is 0 Å². The van der Waals surface area contributed by atoms with Gasteiger partial charge in [-0.1, -0.05) is 0 Å². The molecule has 0 radical (unpaired) electrons. The zero-order chi connectivity index (χ0) is 14.5. The third kappa shape index (κ3) is 3.35. The first-order valence-corrected chi connectivity index (χ1v) is 5.77. The summed E-state index contributed by atoms with van der Waals surface area (Å²) >= 11 is 0. The van der Waals surface area contributed by atoms with Crippen molar-refractivity contribution in [2.24, 2.45) is 0 Å². The van der Waals surface area contributed by atoms with E-state index < -0.39 is 5.97 Å². The molecule has 0 saturated heterocycles. The van der Waals surface area contributed by atoms with Crippen LogP contribution < -0.4 is 10.1 Å². The number of aromatic nitrogens is 2. The minimum Gasteiger partial charge on any atom is -0.497 e. The van der Waals surface area contributed by atoms with Gasteiger partial charge < -0.3 is 19.7 Å². The second-order valence-corrected chi connectivity index (χ2v) is 4.01. The molecule has 7 nitrogen and oxygen atoms in total. The highest BCUT2D eigenvalue weighted by Gasteiger charge is 2.09. The molecule has 20 heavy (non-hydrogen) atoms. The zero-order valence-corrected chi connectivity index (χ0v) is 10.7. The molecule has 1 aromatic carbocycles. The number of aromatic carboxylic acids is 1. The molecule has 1 heterocycles. The summed E-state index contributed by atoms with van der Waals surface area (Å²) in [5, 5.41) is 11.4. The summed E-state index contributed by atoms with van der Waals surface area (Å²) in [6, 6.07) is 6.89. The van der Waals surface area contributed by atoms with Crippen molar-refractivity contribution in [1.82, 2.24) is 9.55 Å². The van der Waals surface area contributed by atoms with Crippen molar-refractivity contribution < 1.29 is 19.4 Å². The number of rotatable bonds is 5. The number of nitrogens with one attached hydrogen (secondary N) is 1. The average Bonchev–Trinajstić information content (AvgIpc) is 2.88. The maximum Gasteiger partial charge on any atom is 0.356 e. The number of benzene rings is 1. The van der Waals surface area contributed by atoms with Crippen LogP contribution in [-0.2, 0) is 11.3 Å². The van der Waals surface area contributed by atoms with Gasteiger partial charge in [-0.3, -0.25) is 4.79 Å². The maximum absolute atomic E-state index is 11.8. The molecule has 2 aromatic rings. The molecule has 0 aliphatic carbocycles. The van der Waals surface area contributed by atoms with Crippen molar-refractivity contribution in [2.45, 2.75) is 6.54 Å². The molecule has 0 fully saturated rings. The van der Waals surface area contributed by atoms with Gasteiger partial charge in [-0.05, 0) is 24.3 Å². The van der Waals surface area contributed by atoms with Gasteiger partial charge in [0.25, 0.3) is 0 Å². The van der Waals surface area contributed by atoms with Crippen molar-refractivity contribution >= 4 is 17.6 Å². The fraction of sp³-hybridized carbons (Fsp3) is 0.154. The van der Waals surface area contributed by atoms with Crippen LogP contribution in [-0.4, -0.2) is 33.6 Å². The number of carbonyl (C=O) groups is 2. The largest absolute Gasteiger partial charge is 0.497 e. The van der Waals surface area contributed by atoms with Gasteiger partial charge in [0.05, 0.1) is 13.4 Å². The summed E-state index contributed by atoms with van der Waals surface area (Å²) in [7, 11) is 1.56. The lowest BCUT2D eigenvalue weighted by molar-refractivity contribution is -0.116. The summed E-state index contributed by atoms with van der Waals surface area (Å²) in [4.78, 5) is 26.1. The highest BCUT2D eigenvalue weighted by Crippen LogP contribution is 2.14. The van der Waals surface area contributed by atoms with E-state index in [1.54, 1.807) is 31.4 Å². The zero-order valence-electron chi connectivity index (χ0n) is 10.7. The number of nitrogens with zero attached hydrogens (tertiary/aromatic N) is 2. The number of imidazole rings is 1. The number of methoxy groups -OCH3 is 1. The Morgan fingerprint density at radius 2 is 2.05 bits per heavy atom. The molecule has 0 bridgehead atoms. The number of ether oxygens (including phenoxy) is 1. The minimum absolute atomic E-state index is 0.00763. The molecule has 2 rings (SSSR count). The number of hydrogen-bond acceptors (Lipinski definition) is 4. The molecule has 1 aromatic heterocycles. The van der Waals surface area contributed by atoms with Crippen LogP contribution in [0.25, 0.3) is 0 Å². The third-order valence-electron chi connectivity index (χ3n) is 2.55. The van der Waals surface area contributed by atoms with E-state index in [-0.39, 0.29) is 18.1 Å². The Balaban J connectivity index is 1.95. The van der Waals surface area contributed by atoms with E-state index in [0.29, 0.717) is 11.4 Å². The quantitative estimate of drug-likeness (QED) is 0.856. The average molecular weight is 275 g/mol. The number of carbonyl (C=O) groups excluding carboxylic acids is 1. The molecular weight excluding hydrogens is 262 g/mol. The van der Waals surface area contributed by atoms with Gasteiger partial charge in [-0.15, -0.1) is 0 Å². The monoisotopic (exact) mass is 275 g/mol. The minimum atomic E-state index is -1.13. The van der Waals surface area contributed by atoms with Crippen LogP contribution in [0.4, 0.5) is 5.69 Å². The van der Waals surface area contributed by atoms with Crippen molar-refractivity contribution in [1.29, 1.82) is 0 Å². The lowest BCUT2D eigenvalue weighted by Crippen LogP contribution is -2.17. The molecule has 0 atom stereocenters. The number of amides is 1. The summed E-state index contributed by atoms with van der Waals surface area (Å²) < 4.78 is 6.42. The van der Waals surface area contributed by atoms with Gasteiger partial charge >= 0.3 is 5.97 Å². The normalized spacial score (nSPS) is 10.1. The number of anilines is 1.